The number of piperidine rings is 1. The van der Waals surface area contributed by atoms with Crippen LogP contribution in [0.2, 0.25) is 0 Å². The number of amides is 1. The van der Waals surface area contributed by atoms with E-state index in [1.54, 1.807) is 0 Å². The van der Waals surface area contributed by atoms with Gasteiger partial charge in [-0.1, -0.05) is 27.7 Å². The van der Waals surface area contributed by atoms with E-state index in [-0.39, 0.29) is 5.41 Å². The summed E-state index contributed by atoms with van der Waals surface area (Å²) in [6, 6.07) is 0. The van der Waals surface area contributed by atoms with Crippen LogP contribution in [-0.4, -0.2) is 30.4 Å². The zero-order chi connectivity index (χ0) is 14.5. The molecule has 0 aromatic rings. The first-order chi connectivity index (χ1) is 8.84. The zero-order valence-electron chi connectivity index (χ0n) is 13.2. The maximum Gasteiger partial charge on any atom is 0.222 e. The van der Waals surface area contributed by atoms with Gasteiger partial charge < -0.3 is 10.6 Å². The second-order valence-corrected chi connectivity index (χ2v) is 7.27. The fourth-order valence-electron chi connectivity index (χ4n) is 3.08. The van der Waals surface area contributed by atoms with Crippen molar-refractivity contribution in [2.75, 3.05) is 19.6 Å². The zero-order valence-corrected chi connectivity index (χ0v) is 13.2. The molecule has 2 atom stereocenters. The lowest BCUT2D eigenvalue weighted by Gasteiger charge is -2.33. The lowest BCUT2D eigenvalue weighted by atomic mass is 9.76. The highest BCUT2D eigenvalue weighted by Crippen LogP contribution is 2.32. The van der Waals surface area contributed by atoms with Crippen molar-refractivity contribution < 1.29 is 4.79 Å². The van der Waals surface area contributed by atoms with Crippen molar-refractivity contribution >= 4 is 5.91 Å². The van der Waals surface area contributed by atoms with Crippen molar-refractivity contribution in [1.29, 1.82) is 0 Å². The van der Waals surface area contributed by atoms with Crippen molar-refractivity contribution in [1.82, 2.24) is 4.90 Å². The van der Waals surface area contributed by atoms with E-state index in [4.69, 9.17) is 5.73 Å². The molecule has 0 aromatic heterocycles. The van der Waals surface area contributed by atoms with Gasteiger partial charge in [0.25, 0.3) is 0 Å². The van der Waals surface area contributed by atoms with Gasteiger partial charge in [-0.3, -0.25) is 4.79 Å². The molecular weight excluding hydrogens is 236 g/mol. The normalized spacial score (nSPS) is 22.4. The van der Waals surface area contributed by atoms with Gasteiger partial charge in [0, 0.05) is 19.5 Å². The van der Waals surface area contributed by atoms with Gasteiger partial charge in [0.15, 0.2) is 0 Å². The van der Waals surface area contributed by atoms with Crippen LogP contribution in [0.5, 0.6) is 0 Å². The van der Waals surface area contributed by atoms with E-state index in [1.807, 2.05) is 0 Å². The summed E-state index contributed by atoms with van der Waals surface area (Å²) >= 11 is 0. The maximum atomic E-state index is 12.3. The fraction of sp³-hybridized carbons (Fsp3) is 0.938. The summed E-state index contributed by atoms with van der Waals surface area (Å²) in [6.45, 7) is 11.6. The Morgan fingerprint density at radius 3 is 2.58 bits per heavy atom. The summed E-state index contributed by atoms with van der Waals surface area (Å²) in [5.41, 5.74) is 5.94. The van der Waals surface area contributed by atoms with Crippen LogP contribution in [0, 0.1) is 17.3 Å². The molecule has 0 spiro atoms. The molecule has 1 heterocycles. The first-order valence-electron chi connectivity index (χ1n) is 7.82. The standard InChI is InChI=1S/C16H32N2O/c1-13-6-5-11-18(12-13)15(19)8-7-14(9-10-17)16(2,3)4/h13-14H,5-12,17H2,1-4H3. The Labute approximate surface area is 118 Å². The Bertz CT molecular complexity index is 283. The first-order valence-corrected chi connectivity index (χ1v) is 7.82. The topological polar surface area (TPSA) is 46.3 Å². The number of nitrogens with two attached hydrogens (primary N) is 1. The van der Waals surface area contributed by atoms with Crippen LogP contribution in [0.15, 0.2) is 0 Å². The molecule has 1 rings (SSSR count). The molecule has 1 saturated heterocycles. The molecule has 0 bridgehead atoms. The second-order valence-electron chi connectivity index (χ2n) is 7.27. The number of hydrogen-bond donors (Lipinski definition) is 1. The van der Waals surface area contributed by atoms with Gasteiger partial charge in [-0.05, 0) is 49.5 Å². The predicted octanol–water partition coefficient (Wildman–Crippen LogP) is 3.04. The molecule has 0 aliphatic carbocycles. The van der Waals surface area contributed by atoms with E-state index in [0.29, 0.717) is 24.2 Å². The summed E-state index contributed by atoms with van der Waals surface area (Å²) in [4.78, 5) is 14.3. The molecule has 1 aliphatic heterocycles. The monoisotopic (exact) mass is 268 g/mol. The van der Waals surface area contributed by atoms with E-state index in [2.05, 4.69) is 32.6 Å². The predicted molar refractivity (Wildman–Crippen MR) is 80.8 cm³/mol. The quantitative estimate of drug-likeness (QED) is 0.833. The minimum Gasteiger partial charge on any atom is -0.342 e. The molecule has 0 saturated carbocycles. The number of likely N-dealkylation sites (tertiary alicyclic amines) is 1. The Morgan fingerprint density at radius 1 is 1.37 bits per heavy atom. The second kappa shape index (κ2) is 7.28. The van der Waals surface area contributed by atoms with Crippen LogP contribution in [0.4, 0.5) is 0 Å². The number of carbonyl (C=O) groups is 1. The molecule has 2 unspecified atom stereocenters. The molecule has 0 radical (unpaired) electrons. The molecule has 3 nitrogen and oxygen atoms in total. The van der Waals surface area contributed by atoms with Crippen molar-refractivity contribution in [3.63, 3.8) is 0 Å². The van der Waals surface area contributed by atoms with Crippen LogP contribution in [0.1, 0.15) is 59.8 Å². The lowest BCUT2D eigenvalue weighted by molar-refractivity contribution is -0.133. The summed E-state index contributed by atoms with van der Waals surface area (Å²) in [6.07, 6.45) is 5.12. The van der Waals surface area contributed by atoms with Crippen LogP contribution >= 0.6 is 0 Å². The molecule has 3 heteroatoms. The molecular formula is C16H32N2O. The van der Waals surface area contributed by atoms with Gasteiger partial charge in [-0.2, -0.15) is 0 Å². The number of rotatable bonds is 5. The van der Waals surface area contributed by atoms with E-state index in [1.165, 1.54) is 12.8 Å². The third-order valence-electron chi connectivity index (χ3n) is 4.46. The molecule has 19 heavy (non-hydrogen) atoms. The Hall–Kier alpha value is -0.570. The minimum absolute atomic E-state index is 0.245. The van der Waals surface area contributed by atoms with Gasteiger partial charge in [-0.25, -0.2) is 0 Å². The molecule has 112 valence electrons. The highest BCUT2D eigenvalue weighted by Gasteiger charge is 2.26. The number of hydrogen-bond acceptors (Lipinski definition) is 2. The van der Waals surface area contributed by atoms with Gasteiger partial charge >= 0.3 is 0 Å². The molecule has 0 aromatic carbocycles. The van der Waals surface area contributed by atoms with Crippen molar-refractivity contribution in [3.8, 4) is 0 Å². The van der Waals surface area contributed by atoms with Crippen molar-refractivity contribution in [2.45, 2.75) is 59.8 Å². The average Bonchev–Trinajstić information content (AvgIpc) is 2.32. The van der Waals surface area contributed by atoms with Gasteiger partial charge in [0.2, 0.25) is 5.91 Å². The SMILES string of the molecule is CC1CCCN(C(=O)CCC(CCN)C(C)(C)C)C1. The van der Waals surface area contributed by atoms with Gasteiger partial charge in [-0.15, -0.1) is 0 Å². The third-order valence-corrected chi connectivity index (χ3v) is 4.46. The first kappa shape index (κ1) is 16.5. The van der Waals surface area contributed by atoms with E-state index < -0.39 is 0 Å². The summed E-state index contributed by atoms with van der Waals surface area (Å²) in [7, 11) is 0. The minimum atomic E-state index is 0.245. The fourth-order valence-corrected chi connectivity index (χ4v) is 3.08. The highest BCUT2D eigenvalue weighted by molar-refractivity contribution is 5.76. The number of carbonyl (C=O) groups excluding carboxylic acids is 1. The molecule has 1 amide bonds. The van der Waals surface area contributed by atoms with Crippen LogP contribution in [-0.2, 0) is 4.79 Å². The van der Waals surface area contributed by atoms with Crippen molar-refractivity contribution in [3.05, 3.63) is 0 Å². The molecule has 2 N–H and O–H groups in total. The van der Waals surface area contributed by atoms with Crippen LogP contribution in [0.3, 0.4) is 0 Å². The smallest absolute Gasteiger partial charge is 0.222 e. The Kier molecular flexibility index (Phi) is 6.31. The Balaban J connectivity index is 2.43. The molecule has 1 fully saturated rings. The summed E-state index contributed by atoms with van der Waals surface area (Å²) in [5, 5.41) is 0. The van der Waals surface area contributed by atoms with Gasteiger partial charge in [0.05, 0.1) is 0 Å². The average molecular weight is 268 g/mol. The summed E-state index contributed by atoms with van der Waals surface area (Å²) < 4.78 is 0. The van der Waals surface area contributed by atoms with Crippen molar-refractivity contribution in [2.24, 2.45) is 23.0 Å². The van der Waals surface area contributed by atoms with Crippen LogP contribution in [0.25, 0.3) is 0 Å². The van der Waals surface area contributed by atoms with E-state index >= 15 is 0 Å². The largest absolute Gasteiger partial charge is 0.342 e. The van der Waals surface area contributed by atoms with E-state index in [0.717, 1.165) is 32.5 Å². The van der Waals surface area contributed by atoms with Gasteiger partial charge in [0.1, 0.15) is 0 Å². The maximum absolute atomic E-state index is 12.3. The third kappa shape index (κ3) is 5.52. The molecule has 1 aliphatic rings. The Morgan fingerprint density at radius 2 is 2.05 bits per heavy atom. The van der Waals surface area contributed by atoms with E-state index in [9.17, 15) is 4.79 Å². The lowest BCUT2D eigenvalue weighted by Crippen LogP contribution is -2.39. The summed E-state index contributed by atoms with van der Waals surface area (Å²) in [5.74, 6) is 1.56. The number of nitrogens with zero attached hydrogens (tertiary/aromatic N) is 1. The van der Waals surface area contributed by atoms with Crippen LogP contribution < -0.4 is 5.73 Å². The highest BCUT2D eigenvalue weighted by atomic mass is 16.2.